The van der Waals surface area contributed by atoms with E-state index in [0.717, 1.165) is 25.9 Å². The zero-order chi connectivity index (χ0) is 31.3. The molecular weight excluding hydrogens is 594 g/mol. The van der Waals surface area contributed by atoms with Crippen LogP contribution in [0.2, 0.25) is 0 Å². The van der Waals surface area contributed by atoms with Crippen LogP contribution in [-0.2, 0) is 0 Å². The van der Waals surface area contributed by atoms with Crippen molar-refractivity contribution in [2.24, 2.45) is 0 Å². The largest absolute Gasteiger partial charge is 0.385 e. The highest BCUT2D eigenvalue weighted by atomic mass is 31.1. The van der Waals surface area contributed by atoms with E-state index in [2.05, 4.69) is 170 Å². The van der Waals surface area contributed by atoms with Gasteiger partial charge < -0.3 is 10.6 Å². The Kier molecular flexibility index (Phi) is 9.29. The molecule has 228 valence electrons. The van der Waals surface area contributed by atoms with Crippen molar-refractivity contribution in [3.05, 3.63) is 157 Å². The van der Waals surface area contributed by atoms with Crippen LogP contribution in [0, 0.1) is 13.8 Å². The quantitative estimate of drug-likeness (QED) is 0.181. The molecule has 1 aliphatic heterocycles. The highest BCUT2D eigenvalue weighted by Crippen LogP contribution is 2.47. The molecule has 0 unspecified atom stereocenters. The van der Waals surface area contributed by atoms with E-state index in [1.807, 2.05) is 0 Å². The number of anilines is 2. The van der Waals surface area contributed by atoms with Crippen molar-refractivity contribution in [1.82, 2.24) is 0 Å². The number of nitrogens with one attached hydrogen (secondary N) is 2. The summed E-state index contributed by atoms with van der Waals surface area (Å²) in [5.74, 6) is 0. The van der Waals surface area contributed by atoms with Crippen molar-refractivity contribution in [1.29, 1.82) is 0 Å². The van der Waals surface area contributed by atoms with Gasteiger partial charge in [0.15, 0.2) is 0 Å². The van der Waals surface area contributed by atoms with Crippen molar-refractivity contribution in [2.75, 3.05) is 23.7 Å². The van der Waals surface area contributed by atoms with Gasteiger partial charge in [-0.1, -0.05) is 133 Å². The predicted molar refractivity (Wildman–Crippen MR) is 205 cm³/mol. The van der Waals surface area contributed by atoms with Crippen LogP contribution in [0.25, 0.3) is 11.1 Å². The van der Waals surface area contributed by atoms with Gasteiger partial charge in [0.1, 0.15) is 0 Å². The monoisotopic (exact) mass is 634 g/mol. The molecule has 1 aliphatic rings. The van der Waals surface area contributed by atoms with Gasteiger partial charge in [-0.15, -0.1) is 0 Å². The Morgan fingerprint density at radius 2 is 0.696 bits per heavy atom. The van der Waals surface area contributed by atoms with Gasteiger partial charge in [-0.2, -0.15) is 0 Å². The second kappa shape index (κ2) is 14.0. The lowest BCUT2D eigenvalue weighted by Crippen LogP contribution is -2.30. The lowest BCUT2D eigenvalue weighted by molar-refractivity contribution is 0.795. The first-order valence-corrected chi connectivity index (χ1v) is 18.9. The van der Waals surface area contributed by atoms with Crippen LogP contribution in [0.3, 0.4) is 0 Å². The van der Waals surface area contributed by atoms with Crippen molar-refractivity contribution in [3.8, 4) is 11.1 Å². The first-order chi connectivity index (χ1) is 22.7. The molecule has 0 atom stereocenters. The number of hydrogen-bond acceptors (Lipinski definition) is 2. The molecule has 46 heavy (non-hydrogen) atoms. The number of rotatable bonds is 6. The van der Waals surface area contributed by atoms with Gasteiger partial charge in [-0.05, 0) is 97.6 Å². The van der Waals surface area contributed by atoms with Gasteiger partial charge in [-0.3, -0.25) is 0 Å². The number of aryl methyl sites for hydroxylation is 2. The van der Waals surface area contributed by atoms with Gasteiger partial charge in [-0.25, -0.2) is 0 Å². The summed E-state index contributed by atoms with van der Waals surface area (Å²) in [5.41, 5.74) is 7.82. The molecule has 0 radical (unpaired) electrons. The van der Waals surface area contributed by atoms with Crippen LogP contribution in [0.15, 0.2) is 146 Å². The number of fused-ring (bicyclic) bond motifs is 3. The third-order valence-corrected chi connectivity index (χ3v) is 14.1. The minimum absolute atomic E-state index is 0.852. The molecule has 0 aliphatic carbocycles. The fourth-order valence-electron chi connectivity index (χ4n) is 6.59. The van der Waals surface area contributed by atoms with Crippen molar-refractivity contribution < 1.29 is 0 Å². The molecule has 0 saturated carbocycles. The van der Waals surface area contributed by atoms with E-state index in [9.17, 15) is 0 Å². The molecule has 0 saturated heterocycles. The summed E-state index contributed by atoms with van der Waals surface area (Å²) in [6, 6.07) is 54.0. The van der Waals surface area contributed by atoms with Crippen LogP contribution in [-0.4, -0.2) is 13.1 Å². The summed E-state index contributed by atoms with van der Waals surface area (Å²) in [6.45, 7) is 6.54. The molecule has 0 bridgehead atoms. The first kappa shape index (κ1) is 30.4. The molecule has 0 fully saturated rings. The van der Waals surface area contributed by atoms with E-state index in [0.29, 0.717) is 0 Å². The second-order valence-corrected chi connectivity index (χ2v) is 16.2. The maximum Gasteiger partial charge on any atom is 0.0427 e. The third-order valence-electron chi connectivity index (χ3n) is 8.75. The van der Waals surface area contributed by atoms with Crippen LogP contribution in [0.5, 0.6) is 0 Å². The number of benzene rings is 6. The van der Waals surface area contributed by atoms with Crippen molar-refractivity contribution in [3.63, 3.8) is 0 Å². The summed E-state index contributed by atoms with van der Waals surface area (Å²) < 4.78 is 0. The summed E-state index contributed by atoms with van der Waals surface area (Å²) in [6.07, 6.45) is 2.24. The highest BCUT2D eigenvalue weighted by Gasteiger charge is 2.31. The van der Waals surface area contributed by atoms with Gasteiger partial charge in [0.05, 0.1) is 0 Å². The minimum Gasteiger partial charge on any atom is -0.385 e. The summed E-state index contributed by atoms with van der Waals surface area (Å²) >= 11 is 0. The molecule has 0 aromatic heterocycles. The molecule has 7 rings (SSSR count). The zero-order valence-electron chi connectivity index (χ0n) is 26.6. The third kappa shape index (κ3) is 6.13. The normalized spacial score (nSPS) is 13.0. The Bertz CT molecular complexity index is 1690. The van der Waals surface area contributed by atoms with Crippen LogP contribution in [0.4, 0.5) is 11.4 Å². The van der Waals surface area contributed by atoms with Gasteiger partial charge in [0.25, 0.3) is 0 Å². The van der Waals surface area contributed by atoms with Crippen LogP contribution >= 0.6 is 15.8 Å². The molecule has 0 spiro atoms. The summed E-state index contributed by atoms with van der Waals surface area (Å²) in [5, 5.41) is 16.3. The molecule has 6 aromatic rings. The molecule has 2 N–H and O–H groups in total. The number of hydrogen-bond donors (Lipinski definition) is 2. The van der Waals surface area contributed by atoms with Crippen molar-refractivity contribution >= 4 is 59.0 Å². The smallest absolute Gasteiger partial charge is 0.0427 e. The average molecular weight is 635 g/mol. The first-order valence-electron chi connectivity index (χ1n) is 16.3. The SMILES string of the molecule is Cc1ccc2c(c1P(c1ccccc1)c1ccccc1)-c1c(ccc(C)c1P(c1ccccc1)c1ccccc1)NCCCCN2. The zero-order valence-corrected chi connectivity index (χ0v) is 28.4. The Morgan fingerprint density at radius 1 is 0.391 bits per heavy atom. The van der Waals surface area contributed by atoms with E-state index in [1.165, 1.54) is 65.5 Å². The fraction of sp³-hybridized carbons (Fsp3) is 0.143. The van der Waals surface area contributed by atoms with Gasteiger partial charge in [0.2, 0.25) is 0 Å². The summed E-state index contributed by atoms with van der Waals surface area (Å²) in [4.78, 5) is 0. The second-order valence-electron chi connectivity index (χ2n) is 11.9. The van der Waals surface area contributed by atoms with E-state index in [-0.39, 0.29) is 0 Å². The van der Waals surface area contributed by atoms with E-state index in [4.69, 9.17) is 0 Å². The predicted octanol–water partition coefficient (Wildman–Crippen LogP) is 8.10. The average Bonchev–Trinajstić information content (AvgIpc) is 3.11. The molecular formula is C42H40N2P2. The Hall–Kier alpha value is -4.22. The lowest BCUT2D eigenvalue weighted by Gasteiger charge is -2.32. The molecule has 1 heterocycles. The maximum absolute atomic E-state index is 3.95. The Balaban J connectivity index is 1.61. The topological polar surface area (TPSA) is 24.1 Å². The standard InChI is InChI=1S/C42H40N2P2/c1-31-25-27-37-39(41(31)45(33-17-7-3-8-18-33)34-19-9-4-10-20-34)40-38(44-30-16-15-29-43-37)28-26-32(2)42(40)46(35-21-11-5-12-22-35)36-23-13-6-14-24-36/h3-14,17-28,43-44H,15-16,29-30H2,1-2H3. The van der Waals surface area contributed by atoms with Gasteiger partial charge in [0, 0.05) is 35.6 Å². The molecule has 2 nitrogen and oxygen atoms in total. The molecule has 0 amide bonds. The van der Waals surface area contributed by atoms with E-state index < -0.39 is 15.8 Å². The fourth-order valence-corrected chi connectivity index (χ4v) is 11.9. The van der Waals surface area contributed by atoms with E-state index >= 15 is 0 Å². The molecule has 6 aromatic carbocycles. The summed E-state index contributed by atoms with van der Waals surface area (Å²) in [7, 11) is -1.70. The Labute approximate surface area is 276 Å². The maximum atomic E-state index is 3.95. The minimum atomic E-state index is -0.852. The molecule has 4 heteroatoms. The van der Waals surface area contributed by atoms with Crippen LogP contribution in [0.1, 0.15) is 24.0 Å². The van der Waals surface area contributed by atoms with Crippen LogP contribution < -0.4 is 42.5 Å². The highest BCUT2D eigenvalue weighted by molar-refractivity contribution is 7.81. The Morgan fingerprint density at radius 3 is 1.00 bits per heavy atom. The lowest BCUT2D eigenvalue weighted by atomic mass is 9.96. The van der Waals surface area contributed by atoms with Gasteiger partial charge >= 0.3 is 0 Å². The van der Waals surface area contributed by atoms with E-state index in [1.54, 1.807) is 0 Å². The van der Waals surface area contributed by atoms with Crippen molar-refractivity contribution in [2.45, 2.75) is 26.7 Å².